The highest BCUT2D eigenvalue weighted by Gasteiger charge is 2.18. The second-order valence-corrected chi connectivity index (χ2v) is 2.54. The van der Waals surface area contributed by atoms with Crippen molar-refractivity contribution in [3.8, 4) is 0 Å². The second-order valence-electron chi connectivity index (χ2n) is 2.54. The second kappa shape index (κ2) is 1.86. The summed E-state index contributed by atoms with van der Waals surface area (Å²) in [4.78, 5) is 4.16. The molecule has 0 fully saturated rings. The quantitative estimate of drug-likeness (QED) is 0.494. The fraction of sp³-hybridized carbons (Fsp3) is 0.833. The van der Waals surface area contributed by atoms with E-state index in [0.717, 1.165) is 6.42 Å². The highest BCUT2D eigenvalue weighted by Crippen LogP contribution is 2.15. The standard InChI is InChI=1S/C6H12N2/c1-4-3-5(2)8-6(4)7/h4,6H,3,7H2,1-2H3. The molecule has 0 radical (unpaired) electrons. The highest BCUT2D eigenvalue weighted by molar-refractivity contribution is 5.83. The van der Waals surface area contributed by atoms with Crippen molar-refractivity contribution in [1.82, 2.24) is 0 Å². The minimum Gasteiger partial charge on any atom is -0.310 e. The third-order valence-corrected chi connectivity index (χ3v) is 1.57. The average Bonchev–Trinajstić information content (AvgIpc) is 1.85. The zero-order valence-electron chi connectivity index (χ0n) is 5.39. The molecule has 1 aliphatic heterocycles. The molecule has 0 saturated carbocycles. The van der Waals surface area contributed by atoms with Crippen molar-refractivity contribution in [2.45, 2.75) is 26.4 Å². The summed E-state index contributed by atoms with van der Waals surface area (Å²) >= 11 is 0. The number of aliphatic imine (C=N–C) groups is 1. The van der Waals surface area contributed by atoms with Crippen LogP contribution in [0.5, 0.6) is 0 Å². The first kappa shape index (κ1) is 5.76. The van der Waals surface area contributed by atoms with Crippen LogP contribution in [0.4, 0.5) is 0 Å². The van der Waals surface area contributed by atoms with Gasteiger partial charge in [0.05, 0.1) is 6.17 Å². The lowest BCUT2D eigenvalue weighted by molar-refractivity contribution is 0.520. The maximum absolute atomic E-state index is 5.58. The fourth-order valence-electron chi connectivity index (χ4n) is 1.02. The summed E-state index contributed by atoms with van der Waals surface area (Å²) in [5, 5.41) is 0. The van der Waals surface area contributed by atoms with Crippen LogP contribution in [0.1, 0.15) is 20.3 Å². The molecule has 0 aromatic carbocycles. The Labute approximate surface area is 49.8 Å². The molecule has 0 saturated heterocycles. The summed E-state index contributed by atoms with van der Waals surface area (Å²) < 4.78 is 0. The summed E-state index contributed by atoms with van der Waals surface area (Å²) in [6, 6.07) is 0. The van der Waals surface area contributed by atoms with Crippen LogP contribution >= 0.6 is 0 Å². The lowest BCUT2D eigenvalue weighted by Gasteiger charge is -2.03. The van der Waals surface area contributed by atoms with E-state index >= 15 is 0 Å². The molecule has 2 atom stereocenters. The van der Waals surface area contributed by atoms with Gasteiger partial charge < -0.3 is 5.73 Å². The van der Waals surface area contributed by atoms with Crippen molar-refractivity contribution in [2.75, 3.05) is 0 Å². The SMILES string of the molecule is CC1=NC(N)C(C)C1. The van der Waals surface area contributed by atoms with E-state index in [1.807, 2.05) is 6.92 Å². The molecule has 0 spiro atoms. The van der Waals surface area contributed by atoms with Gasteiger partial charge in [0.2, 0.25) is 0 Å². The number of rotatable bonds is 0. The molecule has 2 N–H and O–H groups in total. The van der Waals surface area contributed by atoms with Gasteiger partial charge in [-0.05, 0) is 19.3 Å². The first-order chi connectivity index (χ1) is 3.70. The zero-order chi connectivity index (χ0) is 6.15. The van der Waals surface area contributed by atoms with E-state index in [0.29, 0.717) is 5.92 Å². The van der Waals surface area contributed by atoms with E-state index < -0.39 is 0 Å². The van der Waals surface area contributed by atoms with Gasteiger partial charge in [-0.1, -0.05) is 6.92 Å². The molecular weight excluding hydrogens is 100 g/mol. The van der Waals surface area contributed by atoms with E-state index in [9.17, 15) is 0 Å². The first-order valence-corrected chi connectivity index (χ1v) is 2.99. The fourth-order valence-corrected chi connectivity index (χ4v) is 1.02. The molecule has 1 rings (SSSR count). The van der Waals surface area contributed by atoms with Gasteiger partial charge in [0, 0.05) is 5.71 Å². The minimum absolute atomic E-state index is 0.0787. The molecule has 46 valence electrons. The van der Waals surface area contributed by atoms with Gasteiger partial charge in [0.1, 0.15) is 0 Å². The zero-order valence-corrected chi connectivity index (χ0v) is 5.39. The van der Waals surface area contributed by atoms with Gasteiger partial charge in [0.25, 0.3) is 0 Å². The summed E-state index contributed by atoms with van der Waals surface area (Å²) in [5.74, 6) is 0.565. The van der Waals surface area contributed by atoms with Crippen molar-refractivity contribution in [1.29, 1.82) is 0 Å². The van der Waals surface area contributed by atoms with Crippen LogP contribution in [-0.4, -0.2) is 11.9 Å². The van der Waals surface area contributed by atoms with Crippen LogP contribution in [-0.2, 0) is 0 Å². The predicted octanol–water partition coefficient (Wildman–Crippen LogP) is 0.772. The minimum atomic E-state index is 0.0787. The number of nitrogens with zero attached hydrogens (tertiary/aromatic N) is 1. The van der Waals surface area contributed by atoms with Crippen LogP contribution in [0.15, 0.2) is 4.99 Å². The first-order valence-electron chi connectivity index (χ1n) is 2.99. The van der Waals surface area contributed by atoms with Crippen molar-refractivity contribution in [3.05, 3.63) is 0 Å². The van der Waals surface area contributed by atoms with E-state index in [-0.39, 0.29) is 6.17 Å². The van der Waals surface area contributed by atoms with Crippen LogP contribution in [0.2, 0.25) is 0 Å². The monoisotopic (exact) mass is 112 g/mol. The smallest absolute Gasteiger partial charge is 0.0997 e. The molecule has 0 bridgehead atoms. The third-order valence-electron chi connectivity index (χ3n) is 1.57. The number of hydrogen-bond acceptors (Lipinski definition) is 2. The van der Waals surface area contributed by atoms with Crippen molar-refractivity contribution >= 4 is 5.71 Å². The van der Waals surface area contributed by atoms with E-state index in [1.54, 1.807) is 0 Å². The molecule has 0 amide bonds. The molecule has 0 aromatic heterocycles. The molecule has 0 aromatic rings. The predicted molar refractivity (Wildman–Crippen MR) is 34.9 cm³/mol. The summed E-state index contributed by atoms with van der Waals surface area (Å²) in [6.07, 6.45) is 1.16. The maximum Gasteiger partial charge on any atom is 0.0997 e. The molecule has 2 unspecified atom stereocenters. The van der Waals surface area contributed by atoms with Crippen molar-refractivity contribution in [2.24, 2.45) is 16.6 Å². The third kappa shape index (κ3) is 0.892. The van der Waals surface area contributed by atoms with Crippen LogP contribution in [0, 0.1) is 5.92 Å². The molecular formula is C6H12N2. The topological polar surface area (TPSA) is 38.4 Å². The number of nitrogens with two attached hydrogens (primary N) is 1. The van der Waals surface area contributed by atoms with Gasteiger partial charge in [-0.15, -0.1) is 0 Å². The summed E-state index contributed by atoms with van der Waals surface area (Å²) in [7, 11) is 0. The normalized spacial score (nSPS) is 37.6. The van der Waals surface area contributed by atoms with Gasteiger partial charge in [-0.25, -0.2) is 0 Å². The Bertz CT molecular complexity index is 118. The summed E-state index contributed by atoms with van der Waals surface area (Å²) in [5.41, 5.74) is 6.78. The molecule has 2 nitrogen and oxygen atoms in total. The Hall–Kier alpha value is -0.370. The number of hydrogen-bond donors (Lipinski definition) is 1. The maximum atomic E-state index is 5.58. The lowest BCUT2D eigenvalue weighted by atomic mass is 10.1. The van der Waals surface area contributed by atoms with E-state index in [4.69, 9.17) is 5.73 Å². The molecule has 1 aliphatic rings. The van der Waals surface area contributed by atoms with E-state index in [1.165, 1.54) is 5.71 Å². The Morgan fingerprint density at radius 1 is 1.75 bits per heavy atom. The largest absolute Gasteiger partial charge is 0.310 e. The van der Waals surface area contributed by atoms with Crippen molar-refractivity contribution < 1.29 is 0 Å². The molecule has 0 aliphatic carbocycles. The van der Waals surface area contributed by atoms with Crippen molar-refractivity contribution in [3.63, 3.8) is 0 Å². The van der Waals surface area contributed by atoms with E-state index in [2.05, 4.69) is 11.9 Å². The highest BCUT2D eigenvalue weighted by atomic mass is 15.0. The van der Waals surface area contributed by atoms with Gasteiger partial charge in [-0.3, -0.25) is 4.99 Å². The Morgan fingerprint density at radius 2 is 2.38 bits per heavy atom. The van der Waals surface area contributed by atoms with Crippen LogP contribution < -0.4 is 5.73 Å². The van der Waals surface area contributed by atoms with Gasteiger partial charge in [-0.2, -0.15) is 0 Å². The molecule has 8 heavy (non-hydrogen) atoms. The Morgan fingerprint density at radius 3 is 2.50 bits per heavy atom. The molecule has 1 heterocycles. The van der Waals surface area contributed by atoms with Crippen LogP contribution in [0.25, 0.3) is 0 Å². The Balaban J connectivity index is 2.56. The average molecular weight is 112 g/mol. The van der Waals surface area contributed by atoms with Crippen LogP contribution in [0.3, 0.4) is 0 Å². The summed E-state index contributed by atoms with van der Waals surface area (Å²) in [6.45, 7) is 4.16. The lowest BCUT2D eigenvalue weighted by Crippen LogP contribution is -2.20. The van der Waals surface area contributed by atoms with Gasteiger partial charge in [0.15, 0.2) is 0 Å². The Kier molecular flexibility index (Phi) is 1.34. The molecule has 2 heteroatoms. The van der Waals surface area contributed by atoms with Gasteiger partial charge >= 0.3 is 0 Å².